The normalized spacial score (nSPS) is 10.7. The summed E-state index contributed by atoms with van der Waals surface area (Å²) in [4.78, 5) is 20.6. The van der Waals surface area contributed by atoms with E-state index in [0.29, 0.717) is 23.7 Å². The quantitative estimate of drug-likeness (QED) is 0.330. The molecule has 0 bridgehead atoms. The second-order valence-electron chi connectivity index (χ2n) is 7.73. The van der Waals surface area contributed by atoms with Crippen molar-refractivity contribution in [1.82, 2.24) is 14.5 Å². The van der Waals surface area contributed by atoms with E-state index in [1.165, 1.54) is 31.6 Å². The molecule has 2 aromatic carbocycles. The molecular formula is C26H25FN4O3. The van der Waals surface area contributed by atoms with Gasteiger partial charge in [0.15, 0.2) is 23.1 Å². The number of benzene rings is 2. The van der Waals surface area contributed by atoms with Gasteiger partial charge in [0.05, 0.1) is 19.5 Å². The SMILES string of the molecule is CCC(=O)c1cc(COc2cnc(Nc3ccc(-c4ccn(C)c4)cc3)nc2)c(F)c(OC)c1. The van der Waals surface area contributed by atoms with Crippen molar-refractivity contribution >= 4 is 17.4 Å². The minimum atomic E-state index is -0.562. The molecule has 0 radical (unpaired) electrons. The lowest BCUT2D eigenvalue weighted by molar-refractivity contribution is 0.0987. The third-order valence-electron chi connectivity index (χ3n) is 5.31. The summed E-state index contributed by atoms with van der Waals surface area (Å²) in [5, 5.41) is 3.14. The van der Waals surface area contributed by atoms with Crippen LogP contribution < -0.4 is 14.8 Å². The average molecular weight is 461 g/mol. The molecule has 1 N–H and O–H groups in total. The van der Waals surface area contributed by atoms with E-state index in [4.69, 9.17) is 9.47 Å². The second-order valence-corrected chi connectivity index (χ2v) is 7.73. The smallest absolute Gasteiger partial charge is 0.227 e. The first-order valence-electron chi connectivity index (χ1n) is 10.8. The molecule has 0 saturated carbocycles. The summed E-state index contributed by atoms with van der Waals surface area (Å²) in [5.41, 5.74) is 3.71. The minimum Gasteiger partial charge on any atom is -0.494 e. The van der Waals surface area contributed by atoms with Gasteiger partial charge >= 0.3 is 0 Å². The van der Waals surface area contributed by atoms with Crippen molar-refractivity contribution in [2.24, 2.45) is 7.05 Å². The fourth-order valence-corrected chi connectivity index (χ4v) is 3.44. The third kappa shape index (κ3) is 5.23. The second kappa shape index (κ2) is 10.2. The Kier molecular flexibility index (Phi) is 6.87. The number of halogens is 1. The van der Waals surface area contributed by atoms with E-state index < -0.39 is 5.82 Å². The van der Waals surface area contributed by atoms with Gasteiger partial charge in [0.25, 0.3) is 0 Å². The average Bonchev–Trinajstić information content (AvgIpc) is 3.30. The summed E-state index contributed by atoms with van der Waals surface area (Å²) in [6.45, 7) is 1.66. The molecule has 4 rings (SSSR count). The zero-order chi connectivity index (χ0) is 24.1. The maximum atomic E-state index is 14.6. The predicted molar refractivity (Wildman–Crippen MR) is 128 cm³/mol. The summed E-state index contributed by atoms with van der Waals surface area (Å²) >= 11 is 0. The molecule has 0 aliphatic heterocycles. The minimum absolute atomic E-state index is 0.00646. The van der Waals surface area contributed by atoms with E-state index >= 15 is 0 Å². The molecule has 7 nitrogen and oxygen atoms in total. The largest absolute Gasteiger partial charge is 0.494 e. The lowest BCUT2D eigenvalue weighted by Crippen LogP contribution is -2.06. The number of hydrogen-bond acceptors (Lipinski definition) is 6. The van der Waals surface area contributed by atoms with Crippen LogP contribution in [0, 0.1) is 5.82 Å². The van der Waals surface area contributed by atoms with Gasteiger partial charge < -0.3 is 19.4 Å². The van der Waals surface area contributed by atoms with Crippen molar-refractivity contribution in [1.29, 1.82) is 0 Å². The Hall–Kier alpha value is -4.20. The van der Waals surface area contributed by atoms with E-state index in [1.54, 1.807) is 6.92 Å². The highest BCUT2D eigenvalue weighted by Gasteiger charge is 2.15. The summed E-state index contributed by atoms with van der Waals surface area (Å²) in [5.74, 6) is 0.120. The highest BCUT2D eigenvalue weighted by Crippen LogP contribution is 2.26. The van der Waals surface area contributed by atoms with Crippen LogP contribution >= 0.6 is 0 Å². The van der Waals surface area contributed by atoms with Crippen LogP contribution in [-0.2, 0) is 13.7 Å². The Bertz CT molecular complexity index is 1280. The van der Waals surface area contributed by atoms with Crippen molar-refractivity contribution < 1.29 is 18.7 Å². The number of Topliss-reactive ketones (excluding diaryl/α,β-unsaturated/α-hetero) is 1. The van der Waals surface area contributed by atoms with Gasteiger partial charge in [0.2, 0.25) is 5.95 Å². The van der Waals surface area contributed by atoms with Gasteiger partial charge in [-0.05, 0) is 41.5 Å². The fraction of sp³-hybridized carbons (Fsp3) is 0.192. The Morgan fingerprint density at radius 1 is 1.09 bits per heavy atom. The van der Waals surface area contributed by atoms with Crippen molar-refractivity contribution in [3.8, 4) is 22.6 Å². The molecule has 0 fully saturated rings. The van der Waals surface area contributed by atoms with Crippen molar-refractivity contribution in [2.75, 3.05) is 12.4 Å². The summed E-state index contributed by atoms with van der Waals surface area (Å²) in [7, 11) is 3.35. The summed E-state index contributed by atoms with van der Waals surface area (Å²) in [6, 6.07) is 12.9. The third-order valence-corrected chi connectivity index (χ3v) is 5.31. The molecule has 174 valence electrons. The van der Waals surface area contributed by atoms with Crippen LogP contribution in [0.15, 0.2) is 67.3 Å². The van der Waals surface area contributed by atoms with E-state index in [0.717, 1.165) is 16.8 Å². The zero-order valence-corrected chi connectivity index (χ0v) is 19.2. The van der Waals surface area contributed by atoms with Crippen LogP contribution in [0.2, 0.25) is 0 Å². The predicted octanol–water partition coefficient (Wildman–Crippen LogP) is 5.55. The van der Waals surface area contributed by atoms with Gasteiger partial charge in [0, 0.05) is 42.7 Å². The molecule has 34 heavy (non-hydrogen) atoms. The summed E-state index contributed by atoms with van der Waals surface area (Å²) < 4.78 is 27.3. The molecule has 0 aliphatic carbocycles. The number of rotatable bonds is 9. The number of carbonyl (C=O) groups excluding carboxylic acids is 1. The first-order valence-corrected chi connectivity index (χ1v) is 10.8. The number of ether oxygens (including phenoxy) is 2. The number of nitrogens with one attached hydrogen (secondary N) is 1. The lowest BCUT2D eigenvalue weighted by Gasteiger charge is -2.12. The van der Waals surface area contributed by atoms with E-state index in [-0.39, 0.29) is 23.7 Å². The Morgan fingerprint density at radius 3 is 2.44 bits per heavy atom. The van der Waals surface area contributed by atoms with Crippen LogP contribution in [0.25, 0.3) is 11.1 Å². The van der Waals surface area contributed by atoms with Crippen LogP contribution in [0.3, 0.4) is 0 Å². The summed E-state index contributed by atoms with van der Waals surface area (Å²) in [6.07, 6.45) is 7.38. The fourth-order valence-electron chi connectivity index (χ4n) is 3.44. The van der Waals surface area contributed by atoms with Crippen LogP contribution in [0.1, 0.15) is 29.3 Å². The van der Waals surface area contributed by atoms with Gasteiger partial charge in [-0.3, -0.25) is 4.79 Å². The van der Waals surface area contributed by atoms with Crippen LogP contribution in [0.4, 0.5) is 16.0 Å². The molecule has 0 saturated heterocycles. The van der Waals surface area contributed by atoms with Crippen LogP contribution in [-0.4, -0.2) is 27.4 Å². The maximum absolute atomic E-state index is 14.6. The first-order chi connectivity index (χ1) is 16.5. The van der Waals surface area contributed by atoms with Crippen LogP contribution in [0.5, 0.6) is 11.5 Å². The molecule has 0 amide bonds. The lowest BCUT2D eigenvalue weighted by atomic mass is 10.0. The zero-order valence-electron chi connectivity index (χ0n) is 19.2. The number of aromatic nitrogens is 3. The number of ketones is 1. The van der Waals surface area contributed by atoms with Crippen molar-refractivity contribution in [3.05, 3.63) is 84.2 Å². The number of aryl methyl sites for hydroxylation is 1. The topological polar surface area (TPSA) is 78.3 Å². The number of methoxy groups -OCH3 is 1. The van der Waals surface area contributed by atoms with Gasteiger partial charge in [0.1, 0.15) is 6.61 Å². The Balaban J connectivity index is 1.40. The number of carbonyl (C=O) groups is 1. The number of hydrogen-bond donors (Lipinski definition) is 1. The van der Waals surface area contributed by atoms with Gasteiger partial charge in [-0.1, -0.05) is 19.1 Å². The number of anilines is 2. The van der Waals surface area contributed by atoms with Crippen molar-refractivity contribution in [3.63, 3.8) is 0 Å². The Morgan fingerprint density at radius 2 is 1.82 bits per heavy atom. The highest BCUT2D eigenvalue weighted by atomic mass is 19.1. The highest BCUT2D eigenvalue weighted by molar-refractivity contribution is 5.96. The standard InChI is InChI=1S/C26H25FN4O3/c1-4-23(32)19-11-20(25(27)24(12-19)33-3)16-34-22-13-28-26(29-14-22)30-21-7-5-17(6-8-21)18-9-10-31(2)15-18/h5-15H,4,16H2,1-3H3,(H,28,29,30). The molecule has 0 unspecified atom stereocenters. The van der Waals surface area contributed by atoms with E-state index in [1.807, 2.05) is 42.1 Å². The monoisotopic (exact) mass is 460 g/mol. The molecular weight excluding hydrogens is 435 g/mol. The molecule has 2 aromatic heterocycles. The Labute approximate surface area is 197 Å². The van der Waals surface area contributed by atoms with E-state index in [2.05, 4.69) is 27.5 Å². The molecule has 0 atom stereocenters. The molecule has 0 spiro atoms. The maximum Gasteiger partial charge on any atom is 0.227 e. The van der Waals surface area contributed by atoms with Crippen molar-refractivity contribution in [2.45, 2.75) is 20.0 Å². The van der Waals surface area contributed by atoms with Gasteiger partial charge in [-0.2, -0.15) is 0 Å². The molecule has 4 aromatic rings. The molecule has 0 aliphatic rings. The van der Waals surface area contributed by atoms with Gasteiger partial charge in [-0.25, -0.2) is 14.4 Å². The molecule has 8 heteroatoms. The first kappa shape index (κ1) is 23.0. The van der Waals surface area contributed by atoms with Gasteiger partial charge in [-0.15, -0.1) is 0 Å². The molecule has 2 heterocycles. The van der Waals surface area contributed by atoms with E-state index in [9.17, 15) is 9.18 Å². The number of nitrogens with zero attached hydrogens (tertiary/aromatic N) is 3.